The number of amides is 2. The van der Waals surface area contributed by atoms with Crippen molar-refractivity contribution in [3.63, 3.8) is 0 Å². The van der Waals surface area contributed by atoms with Crippen LogP contribution in [-0.4, -0.2) is 62.4 Å². The van der Waals surface area contributed by atoms with Crippen LogP contribution in [0.1, 0.15) is 36.1 Å². The second-order valence-corrected chi connectivity index (χ2v) is 9.48. The molecule has 2 N–H and O–H groups in total. The molecule has 1 saturated heterocycles. The van der Waals surface area contributed by atoms with E-state index in [4.69, 9.17) is 0 Å². The van der Waals surface area contributed by atoms with Crippen LogP contribution in [0.3, 0.4) is 0 Å². The minimum atomic E-state index is -0.327. The number of nitrogens with one attached hydrogen (secondary N) is 2. The van der Waals surface area contributed by atoms with Crippen LogP contribution in [0.2, 0.25) is 4.71 Å². The van der Waals surface area contributed by atoms with E-state index in [1.807, 2.05) is 29.3 Å². The van der Waals surface area contributed by atoms with Gasteiger partial charge in [0, 0.05) is 0 Å². The quantitative estimate of drug-likeness (QED) is 0.680. The molecule has 2 amide bonds. The molecule has 2 aromatic rings. The van der Waals surface area contributed by atoms with Crippen LogP contribution in [0.15, 0.2) is 36.5 Å². The number of carbonyl (C=O) groups excluding carboxylic acids is 2. The molecular formula is C21H27AsN4O2. The average Bonchev–Trinajstić information content (AvgIpc) is 3.37. The molecule has 0 saturated carbocycles. The fourth-order valence-corrected chi connectivity index (χ4v) is 5.28. The Bertz CT molecular complexity index is 838. The molecule has 1 aliphatic carbocycles. The summed E-state index contributed by atoms with van der Waals surface area (Å²) in [4.78, 5) is 27.8. The molecule has 0 radical (unpaired) electrons. The van der Waals surface area contributed by atoms with Crippen LogP contribution in [0.4, 0.5) is 0 Å². The van der Waals surface area contributed by atoms with Crippen LogP contribution in [0.5, 0.6) is 0 Å². The summed E-state index contributed by atoms with van der Waals surface area (Å²) in [5.74, 6) is 0.115. The van der Waals surface area contributed by atoms with Crippen molar-refractivity contribution < 1.29 is 9.59 Å². The van der Waals surface area contributed by atoms with E-state index in [0.717, 1.165) is 44.2 Å². The van der Waals surface area contributed by atoms with E-state index >= 15 is 0 Å². The van der Waals surface area contributed by atoms with Crippen molar-refractivity contribution in [1.29, 1.82) is 0 Å². The molecular weight excluding hydrogens is 415 g/mol. The zero-order chi connectivity index (χ0) is 19.5. The number of hydrogen-bond donors (Lipinski definition) is 2. The Morgan fingerprint density at radius 2 is 2.11 bits per heavy atom. The summed E-state index contributed by atoms with van der Waals surface area (Å²) in [7, 11) is 0. The number of benzene rings is 1. The molecule has 2 unspecified atom stereocenters. The number of aromatic amines is 1. The van der Waals surface area contributed by atoms with E-state index in [1.54, 1.807) is 0 Å². The standard InChI is InChI=1S/C21H27AsN4O2/c22-17(11-14-5-2-1-3-6-14)21(28)26-10-4-7-19(26)20(27)24-16-8-9-18-15(12-16)13-23-25-18/h1-3,5-6,13,16-17,19H,4,7-12,22H2,(H,23,25)(H,24,27)/t16?,17-,19+/m1/s1. The number of H-pyrrole nitrogens is 1. The van der Waals surface area contributed by atoms with Crippen LogP contribution >= 0.6 is 0 Å². The monoisotopic (exact) mass is 442 g/mol. The second kappa shape index (κ2) is 8.52. The third-order valence-corrected chi connectivity index (χ3v) is 6.90. The SMILES string of the molecule is O=C(NC1CCc2n[nH]cc2C1)[C@@H]1CCCN1C(=O)[C@H]([AsH2])Cc1ccccc1. The minimum absolute atomic E-state index is 0.00204. The number of aryl methyl sites for hydroxylation is 1. The van der Waals surface area contributed by atoms with Gasteiger partial charge in [0.15, 0.2) is 0 Å². The van der Waals surface area contributed by atoms with Crippen molar-refractivity contribution in [1.82, 2.24) is 20.4 Å². The molecule has 148 valence electrons. The van der Waals surface area contributed by atoms with Gasteiger partial charge in [0.05, 0.1) is 0 Å². The molecule has 4 atom stereocenters. The van der Waals surface area contributed by atoms with Crippen molar-refractivity contribution in [3.8, 4) is 0 Å². The Kier molecular flexibility index (Phi) is 5.86. The number of aromatic nitrogens is 2. The van der Waals surface area contributed by atoms with E-state index in [9.17, 15) is 9.59 Å². The van der Waals surface area contributed by atoms with Crippen LogP contribution < -0.4 is 5.32 Å². The number of hydrogen-bond acceptors (Lipinski definition) is 3. The number of likely N-dealkylation sites (tertiary alicyclic amines) is 1. The van der Waals surface area contributed by atoms with Gasteiger partial charge in [-0.3, -0.25) is 0 Å². The summed E-state index contributed by atoms with van der Waals surface area (Å²) in [5, 5.41) is 10.4. The molecule has 2 heterocycles. The maximum absolute atomic E-state index is 13.0. The van der Waals surface area contributed by atoms with E-state index in [0.29, 0.717) is 6.54 Å². The molecule has 1 aromatic heterocycles. The first kappa shape index (κ1) is 19.3. The van der Waals surface area contributed by atoms with Crippen LogP contribution in [-0.2, 0) is 28.9 Å². The van der Waals surface area contributed by atoms with Crippen molar-refractivity contribution in [3.05, 3.63) is 53.3 Å². The van der Waals surface area contributed by atoms with Gasteiger partial charge in [0.2, 0.25) is 0 Å². The molecule has 1 fully saturated rings. The number of rotatable bonds is 5. The van der Waals surface area contributed by atoms with Gasteiger partial charge in [-0.25, -0.2) is 0 Å². The van der Waals surface area contributed by atoms with E-state index in [2.05, 4.69) is 27.6 Å². The molecule has 0 spiro atoms. The molecule has 6 nitrogen and oxygen atoms in total. The average molecular weight is 442 g/mol. The van der Waals surface area contributed by atoms with Gasteiger partial charge in [0.1, 0.15) is 0 Å². The van der Waals surface area contributed by atoms with Gasteiger partial charge in [-0.05, 0) is 0 Å². The Labute approximate surface area is 174 Å². The molecule has 7 heteroatoms. The predicted molar refractivity (Wildman–Crippen MR) is 110 cm³/mol. The topological polar surface area (TPSA) is 78.1 Å². The molecule has 0 bridgehead atoms. The maximum atomic E-state index is 13.0. The predicted octanol–water partition coefficient (Wildman–Crippen LogP) is 1.04. The third kappa shape index (κ3) is 4.17. The zero-order valence-corrected chi connectivity index (χ0v) is 18.4. The second-order valence-electron chi connectivity index (χ2n) is 7.79. The van der Waals surface area contributed by atoms with Crippen molar-refractivity contribution in [2.24, 2.45) is 0 Å². The summed E-state index contributed by atoms with van der Waals surface area (Å²) in [5.41, 5.74) is 3.47. The van der Waals surface area contributed by atoms with Crippen molar-refractivity contribution in [2.45, 2.75) is 55.3 Å². The van der Waals surface area contributed by atoms with Gasteiger partial charge >= 0.3 is 174 Å². The first-order valence-corrected chi connectivity index (χ1v) is 11.4. The first-order chi connectivity index (χ1) is 13.6. The summed E-state index contributed by atoms with van der Waals surface area (Å²) in [6.07, 6.45) is 6.90. The van der Waals surface area contributed by atoms with Gasteiger partial charge in [-0.15, -0.1) is 0 Å². The van der Waals surface area contributed by atoms with Crippen molar-refractivity contribution in [2.75, 3.05) is 6.54 Å². The number of nitrogens with zero attached hydrogens (tertiary/aromatic N) is 2. The van der Waals surface area contributed by atoms with Gasteiger partial charge in [-0.1, -0.05) is 0 Å². The first-order valence-electron chi connectivity index (χ1n) is 10.0. The van der Waals surface area contributed by atoms with Gasteiger partial charge < -0.3 is 0 Å². The van der Waals surface area contributed by atoms with Gasteiger partial charge in [0.25, 0.3) is 0 Å². The fourth-order valence-electron chi connectivity index (χ4n) is 4.31. The summed E-state index contributed by atoms with van der Waals surface area (Å²) >= 11 is 1.43. The normalized spacial score (nSPS) is 22.5. The summed E-state index contributed by atoms with van der Waals surface area (Å²) in [6.45, 7) is 0.683. The zero-order valence-electron chi connectivity index (χ0n) is 15.9. The summed E-state index contributed by atoms with van der Waals surface area (Å²) in [6, 6.07) is 9.90. The van der Waals surface area contributed by atoms with E-state index in [-0.39, 0.29) is 28.6 Å². The molecule has 1 aromatic carbocycles. The van der Waals surface area contributed by atoms with Crippen molar-refractivity contribution >= 4 is 28.7 Å². The van der Waals surface area contributed by atoms with E-state index in [1.165, 1.54) is 28.0 Å². The third-order valence-electron chi connectivity index (χ3n) is 5.81. The Balaban J connectivity index is 1.36. The number of carbonyl (C=O) groups is 2. The Hall–Kier alpha value is -2.07. The van der Waals surface area contributed by atoms with Crippen LogP contribution in [0, 0.1) is 0 Å². The molecule has 1 aliphatic heterocycles. The van der Waals surface area contributed by atoms with Gasteiger partial charge in [-0.2, -0.15) is 0 Å². The number of fused-ring (bicyclic) bond motifs is 1. The fraction of sp³-hybridized carbons (Fsp3) is 0.476. The summed E-state index contributed by atoms with van der Waals surface area (Å²) < 4.78 is -0.0635. The molecule has 2 aliphatic rings. The molecule has 28 heavy (non-hydrogen) atoms. The Morgan fingerprint density at radius 1 is 1.29 bits per heavy atom. The molecule has 4 rings (SSSR count). The Morgan fingerprint density at radius 3 is 2.93 bits per heavy atom. The van der Waals surface area contributed by atoms with Crippen LogP contribution in [0.25, 0.3) is 0 Å². The van der Waals surface area contributed by atoms with E-state index < -0.39 is 0 Å².